The Kier molecular flexibility index (Phi) is 3.83. The molecule has 0 heterocycles. The second-order valence-electron chi connectivity index (χ2n) is 3.18. The average molecular weight is 220 g/mol. The highest BCUT2D eigenvalue weighted by Gasteiger charge is 2.19. The Hall–Kier alpha value is -2.10. The normalized spacial score (nSPS) is 11.8. The molecule has 4 nitrogen and oxygen atoms in total. The molecule has 0 unspecified atom stereocenters. The minimum Gasteiger partial charge on any atom is -0.478 e. The number of benzene rings is 1. The van der Waals surface area contributed by atoms with Crippen LogP contribution in [0.3, 0.4) is 0 Å². The molecule has 1 rings (SSSR count). The van der Waals surface area contributed by atoms with Gasteiger partial charge in [0.2, 0.25) is 0 Å². The third kappa shape index (κ3) is 2.48. The standard InChI is InChI=1S/C12H12O4/c1-2-9(11(13)14)10(12(15)16)8-6-4-3-5-7-8/h3-7H,2H2,1H3,(H,13,14)(H,15,16). The van der Waals surface area contributed by atoms with Gasteiger partial charge in [-0.2, -0.15) is 0 Å². The fraction of sp³-hybridized carbons (Fsp3) is 0.167. The molecule has 0 aliphatic rings. The topological polar surface area (TPSA) is 74.6 Å². The van der Waals surface area contributed by atoms with Crippen LogP contribution in [0.5, 0.6) is 0 Å². The largest absolute Gasteiger partial charge is 0.478 e. The van der Waals surface area contributed by atoms with Gasteiger partial charge in [-0.25, -0.2) is 9.59 Å². The van der Waals surface area contributed by atoms with Crippen molar-refractivity contribution < 1.29 is 19.8 Å². The van der Waals surface area contributed by atoms with Crippen LogP contribution < -0.4 is 0 Å². The Bertz CT molecular complexity index is 432. The van der Waals surface area contributed by atoms with Crippen LogP contribution in [-0.2, 0) is 9.59 Å². The predicted molar refractivity (Wildman–Crippen MR) is 58.9 cm³/mol. The van der Waals surface area contributed by atoms with Crippen LogP contribution in [0.25, 0.3) is 5.57 Å². The zero-order valence-electron chi connectivity index (χ0n) is 8.80. The van der Waals surface area contributed by atoms with Gasteiger partial charge in [-0.1, -0.05) is 37.3 Å². The number of aliphatic carboxylic acids is 2. The van der Waals surface area contributed by atoms with Gasteiger partial charge in [-0.05, 0) is 12.0 Å². The molecule has 1 aromatic carbocycles. The summed E-state index contributed by atoms with van der Waals surface area (Å²) in [7, 11) is 0. The number of carbonyl (C=O) groups is 2. The highest BCUT2D eigenvalue weighted by Crippen LogP contribution is 2.21. The molecular formula is C12H12O4. The Morgan fingerprint density at radius 2 is 1.62 bits per heavy atom. The van der Waals surface area contributed by atoms with E-state index in [-0.39, 0.29) is 17.6 Å². The molecule has 0 saturated heterocycles. The van der Waals surface area contributed by atoms with Crippen molar-refractivity contribution >= 4 is 17.5 Å². The van der Waals surface area contributed by atoms with Crippen LogP contribution >= 0.6 is 0 Å². The van der Waals surface area contributed by atoms with E-state index in [0.29, 0.717) is 5.56 Å². The summed E-state index contributed by atoms with van der Waals surface area (Å²) in [6, 6.07) is 8.26. The van der Waals surface area contributed by atoms with Gasteiger partial charge in [0.25, 0.3) is 0 Å². The molecule has 16 heavy (non-hydrogen) atoms. The molecule has 0 aliphatic carbocycles. The molecule has 0 saturated carbocycles. The number of carboxylic acids is 2. The molecule has 1 aromatic rings. The first-order chi connectivity index (χ1) is 7.57. The predicted octanol–water partition coefficient (Wildman–Crippen LogP) is 2.02. The summed E-state index contributed by atoms with van der Waals surface area (Å²) in [6.07, 6.45) is 0.172. The molecule has 0 atom stereocenters. The van der Waals surface area contributed by atoms with Gasteiger partial charge in [0.15, 0.2) is 0 Å². The Morgan fingerprint density at radius 1 is 1.06 bits per heavy atom. The van der Waals surface area contributed by atoms with Crippen molar-refractivity contribution in [3.8, 4) is 0 Å². The second-order valence-corrected chi connectivity index (χ2v) is 3.18. The summed E-state index contributed by atoms with van der Waals surface area (Å²) in [5.41, 5.74) is 0.184. The fourth-order valence-corrected chi connectivity index (χ4v) is 1.47. The molecular weight excluding hydrogens is 208 g/mol. The second kappa shape index (κ2) is 5.11. The van der Waals surface area contributed by atoms with Crippen molar-refractivity contribution in [3.63, 3.8) is 0 Å². The summed E-state index contributed by atoms with van der Waals surface area (Å²) in [5, 5.41) is 18.0. The minimum absolute atomic E-state index is 0.0845. The van der Waals surface area contributed by atoms with E-state index in [0.717, 1.165) is 0 Å². The van der Waals surface area contributed by atoms with Gasteiger partial charge in [-0.15, -0.1) is 0 Å². The quantitative estimate of drug-likeness (QED) is 0.761. The molecule has 0 radical (unpaired) electrons. The molecule has 2 N–H and O–H groups in total. The lowest BCUT2D eigenvalue weighted by Crippen LogP contribution is -2.10. The number of hydrogen-bond donors (Lipinski definition) is 2. The van der Waals surface area contributed by atoms with E-state index in [2.05, 4.69) is 0 Å². The van der Waals surface area contributed by atoms with Crippen molar-refractivity contribution in [2.24, 2.45) is 0 Å². The maximum absolute atomic E-state index is 11.1. The van der Waals surface area contributed by atoms with Gasteiger partial charge >= 0.3 is 11.9 Å². The van der Waals surface area contributed by atoms with Gasteiger partial charge in [0.1, 0.15) is 0 Å². The van der Waals surface area contributed by atoms with E-state index in [1.54, 1.807) is 37.3 Å². The van der Waals surface area contributed by atoms with Crippen molar-refractivity contribution in [3.05, 3.63) is 41.5 Å². The lowest BCUT2D eigenvalue weighted by Gasteiger charge is -2.06. The number of carboxylic acid groups (broad SMARTS) is 2. The molecule has 0 aliphatic heterocycles. The summed E-state index contributed by atoms with van der Waals surface area (Å²) < 4.78 is 0. The number of hydrogen-bond acceptors (Lipinski definition) is 2. The van der Waals surface area contributed by atoms with Crippen LogP contribution in [0, 0.1) is 0 Å². The van der Waals surface area contributed by atoms with Crippen molar-refractivity contribution in [1.82, 2.24) is 0 Å². The lowest BCUT2D eigenvalue weighted by atomic mass is 9.98. The van der Waals surface area contributed by atoms with Crippen molar-refractivity contribution in [1.29, 1.82) is 0 Å². The van der Waals surface area contributed by atoms with E-state index in [1.165, 1.54) is 0 Å². The van der Waals surface area contributed by atoms with Gasteiger partial charge in [0, 0.05) is 0 Å². The van der Waals surface area contributed by atoms with Gasteiger partial charge in [-0.3, -0.25) is 0 Å². The lowest BCUT2D eigenvalue weighted by molar-refractivity contribution is -0.134. The van der Waals surface area contributed by atoms with Gasteiger partial charge in [0.05, 0.1) is 11.1 Å². The fourth-order valence-electron chi connectivity index (χ4n) is 1.47. The first-order valence-electron chi connectivity index (χ1n) is 4.83. The van der Waals surface area contributed by atoms with Crippen LogP contribution in [0.15, 0.2) is 35.9 Å². The molecule has 0 spiro atoms. The van der Waals surface area contributed by atoms with Crippen LogP contribution in [0.2, 0.25) is 0 Å². The minimum atomic E-state index is -1.22. The van der Waals surface area contributed by atoms with Gasteiger partial charge < -0.3 is 10.2 Å². The van der Waals surface area contributed by atoms with Crippen molar-refractivity contribution in [2.75, 3.05) is 0 Å². The molecule has 4 heteroatoms. The maximum atomic E-state index is 11.1. The molecule has 0 amide bonds. The molecule has 84 valence electrons. The molecule has 0 aromatic heterocycles. The van der Waals surface area contributed by atoms with Crippen LogP contribution in [0.1, 0.15) is 18.9 Å². The third-order valence-corrected chi connectivity index (χ3v) is 2.19. The molecule has 0 bridgehead atoms. The molecule has 0 fully saturated rings. The Labute approximate surface area is 92.8 Å². The van der Waals surface area contributed by atoms with E-state index < -0.39 is 11.9 Å². The highest BCUT2D eigenvalue weighted by atomic mass is 16.4. The first-order valence-corrected chi connectivity index (χ1v) is 4.83. The SMILES string of the molecule is CCC(C(=O)O)=C(C(=O)O)c1ccccc1. The zero-order valence-corrected chi connectivity index (χ0v) is 8.80. The van der Waals surface area contributed by atoms with E-state index >= 15 is 0 Å². The van der Waals surface area contributed by atoms with E-state index in [4.69, 9.17) is 10.2 Å². The first kappa shape index (κ1) is 12.0. The van der Waals surface area contributed by atoms with E-state index in [1.807, 2.05) is 0 Å². The summed E-state index contributed by atoms with van der Waals surface area (Å²) >= 11 is 0. The summed E-state index contributed by atoms with van der Waals surface area (Å²) in [6.45, 7) is 1.62. The zero-order chi connectivity index (χ0) is 12.1. The number of rotatable bonds is 4. The Balaban J connectivity index is 3.40. The third-order valence-electron chi connectivity index (χ3n) is 2.19. The van der Waals surface area contributed by atoms with Crippen molar-refractivity contribution in [2.45, 2.75) is 13.3 Å². The monoisotopic (exact) mass is 220 g/mol. The van der Waals surface area contributed by atoms with E-state index in [9.17, 15) is 9.59 Å². The van der Waals surface area contributed by atoms with Crippen LogP contribution in [0.4, 0.5) is 0 Å². The summed E-state index contributed by atoms with van der Waals surface area (Å²) in [5.74, 6) is -2.41. The Morgan fingerprint density at radius 3 is 2.00 bits per heavy atom. The maximum Gasteiger partial charge on any atom is 0.336 e. The smallest absolute Gasteiger partial charge is 0.336 e. The average Bonchev–Trinajstić information content (AvgIpc) is 2.25. The summed E-state index contributed by atoms with van der Waals surface area (Å²) in [4.78, 5) is 22.0. The highest BCUT2D eigenvalue weighted by molar-refractivity contribution is 6.21. The van der Waals surface area contributed by atoms with Crippen LogP contribution in [-0.4, -0.2) is 22.2 Å².